The maximum atomic E-state index is 11.6. The number of carbonyl (C=O) groups excluding carboxylic acids is 1. The first-order valence-corrected chi connectivity index (χ1v) is 6.62. The molecule has 0 aliphatic carbocycles. The fraction of sp³-hybridized carbons (Fsp3) is 0.118. The van der Waals surface area contributed by atoms with Gasteiger partial charge in [0.05, 0.1) is 18.7 Å². The van der Waals surface area contributed by atoms with Crippen LogP contribution in [-0.4, -0.2) is 12.5 Å². The van der Waals surface area contributed by atoms with Crippen LogP contribution in [-0.2, 0) is 9.63 Å². The van der Waals surface area contributed by atoms with Crippen molar-refractivity contribution in [1.29, 1.82) is 0 Å². The van der Waals surface area contributed by atoms with Gasteiger partial charge in [-0.15, -0.1) is 0 Å². The summed E-state index contributed by atoms with van der Waals surface area (Å²) in [6.45, 7) is 0.467. The van der Waals surface area contributed by atoms with E-state index in [9.17, 15) is 4.79 Å². The Morgan fingerprint density at radius 2 is 1.55 bits per heavy atom. The van der Waals surface area contributed by atoms with Gasteiger partial charge in [-0.05, 0) is 23.3 Å². The van der Waals surface area contributed by atoms with Crippen LogP contribution in [0.4, 0.5) is 5.69 Å². The lowest BCUT2D eigenvalue weighted by Gasteiger charge is -2.13. The van der Waals surface area contributed by atoms with E-state index < -0.39 is 0 Å². The number of rotatable bonds is 3. The molecule has 0 bridgehead atoms. The van der Waals surface area contributed by atoms with Crippen LogP contribution in [0.5, 0.6) is 0 Å². The highest BCUT2D eigenvalue weighted by atomic mass is 16.7. The smallest absolute Gasteiger partial charge is 0.253 e. The maximum absolute atomic E-state index is 11.6. The van der Waals surface area contributed by atoms with Gasteiger partial charge in [-0.1, -0.05) is 54.6 Å². The van der Waals surface area contributed by atoms with Gasteiger partial charge in [0.25, 0.3) is 5.91 Å². The van der Waals surface area contributed by atoms with Crippen LogP contribution in [0, 0.1) is 0 Å². The van der Waals surface area contributed by atoms with E-state index in [2.05, 4.69) is 18.2 Å². The largest absolute Gasteiger partial charge is 0.272 e. The number of hydrogen-bond donors (Lipinski definition) is 0. The van der Waals surface area contributed by atoms with Crippen molar-refractivity contribution in [2.75, 3.05) is 11.7 Å². The molecule has 0 N–H and O–H groups in total. The zero-order valence-corrected chi connectivity index (χ0v) is 11.0. The van der Waals surface area contributed by atoms with Crippen molar-refractivity contribution in [2.45, 2.75) is 6.42 Å². The van der Waals surface area contributed by atoms with E-state index in [0.29, 0.717) is 13.0 Å². The molecular weight excluding hydrogens is 250 g/mol. The molecule has 0 spiro atoms. The summed E-state index contributed by atoms with van der Waals surface area (Å²) in [4.78, 5) is 16.8. The molecule has 0 unspecified atom stereocenters. The molecule has 0 radical (unpaired) electrons. The Morgan fingerprint density at radius 3 is 2.15 bits per heavy atom. The zero-order chi connectivity index (χ0) is 13.8. The fourth-order valence-corrected chi connectivity index (χ4v) is 2.09. The lowest BCUT2D eigenvalue weighted by atomic mass is 10.1. The third-order valence-corrected chi connectivity index (χ3v) is 3.16. The molecule has 3 rings (SSSR count). The topological polar surface area (TPSA) is 29.5 Å². The molecule has 0 atom stereocenters. The highest BCUT2D eigenvalue weighted by Crippen LogP contribution is 2.21. The van der Waals surface area contributed by atoms with Crippen LogP contribution in [0.3, 0.4) is 0 Å². The Labute approximate surface area is 118 Å². The van der Waals surface area contributed by atoms with Gasteiger partial charge in [-0.25, -0.2) is 0 Å². The highest BCUT2D eigenvalue weighted by molar-refractivity contribution is 5.92. The molecule has 1 amide bonds. The number of anilines is 1. The molecule has 0 aromatic heterocycles. The van der Waals surface area contributed by atoms with E-state index in [-0.39, 0.29) is 5.91 Å². The van der Waals surface area contributed by atoms with Crippen molar-refractivity contribution in [1.82, 2.24) is 0 Å². The third-order valence-electron chi connectivity index (χ3n) is 3.16. The lowest BCUT2D eigenvalue weighted by Crippen LogP contribution is -2.21. The molecule has 1 saturated heterocycles. The van der Waals surface area contributed by atoms with Crippen molar-refractivity contribution in [3.63, 3.8) is 0 Å². The van der Waals surface area contributed by atoms with E-state index in [4.69, 9.17) is 4.84 Å². The average Bonchev–Trinajstić information content (AvgIpc) is 2.93. The van der Waals surface area contributed by atoms with Gasteiger partial charge in [0.1, 0.15) is 0 Å². The Balaban J connectivity index is 1.73. The summed E-state index contributed by atoms with van der Waals surface area (Å²) in [5, 5.41) is 1.37. The summed E-state index contributed by atoms with van der Waals surface area (Å²) in [7, 11) is 0. The second kappa shape index (κ2) is 5.72. The second-order valence-electron chi connectivity index (χ2n) is 4.61. The molecule has 3 heteroatoms. The summed E-state index contributed by atoms with van der Waals surface area (Å²) >= 11 is 0. The van der Waals surface area contributed by atoms with Crippen LogP contribution < -0.4 is 5.06 Å². The zero-order valence-electron chi connectivity index (χ0n) is 11.0. The monoisotopic (exact) mass is 265 g/mol. The molecular formula is C17H15NO2. The summed E-state index contributed by atoms with van der Waals surface area (Å²) in [6.07, 6.45) is 4.56. The Morgan fingerprint density at radius 1 is 0.900 bits per heavy atom. The number of benzene rings is 2. The molecule has 3 nitrogen and oxygen atoms in total. The van der Waals surface area contributed by atoms with Gasteiger partial charge < -0.3 is 0 Å². The first kappa shape index (κ1) is 12.6. The average molecular weight is 265 g/mol. The molecule has 1 heterocycles. The first-order chi connectivity index (χ1) is 9.83. The first-order valence-electron chi connectivity index (χ1n) is 6.62. The quantitative estimate of drug-likeness (QED) is 0.795. The van der Waals surface area contributed by atoms with Gasteiger partial charge in [0, 0.05) is 0 Å². The molecule has 0 saturated carbocycles. The standard InChI is InChI=1S/C17H15NO2/c19-17-12-13-20-18(17)16-10-8-15(9-11-16)7-6-14-4-2-1-3-5-14/h1-11H,12-13H2. The minimum atomic E-state index is 0.0116. The molecule has 2 aromatic carbocycles. The van der Waals surface area contributed by atoms with Crippen molar-refractivity contribution in [2.24, 2.45) is 0 Å². The summed E-state index contributed by atoms with van der Waals surface area (Å²) in [5.41, 5.74) is 3.03. The van der Waals surface area contributed by atoms with Gasteiger partial charge in [0.15, 0.2) is 0 Å². The fourth-order valence-electron chi connectivity index (χ4n) is 2.09. The molecule has 100 valence electrons. The SMILES string of the molecule is O=C1CCON1c1ccc(C=Cc2ccccc2)cc1. The number of hydrogen-bond acceptors (Lipinski definition) is 2. The van der Waals surface area contributed by atoms with Crippen LogP contribution in [0.25, 0.3) is 12.2 Å². The van der Waals surface area contributed by atoms with Crippen LogP contribution in [0.15, 0.2) is 54.6 Å². The van der Waals surface area contributed by atoms with Crippen molar-refractivity contribution < 1.29 is 9.63 Å². The third kappa shape index (κ3) is 2.78. The van der Waals surface area contributed by atoms with Gasteiger partial charge in [0.2, 0.25) is 0 Å². The predicted octanol–water partition coefficient (Wildman–Crippen LogP) is 3.53. The van der Waals surface area contributed by atoms with Crippen LogP contribution >= 0.6 is 0 Å². The van der Waals surface area contributed by atoms with Crippen molar-refractivity contribution in [3.8, 4) is 0 Å². The van der Waals surface area contributed by atoms with Gasteiger partial charge >= 0.3 is 0 Å². The van der Waals surface area contributed by atoms with Crippen molar-refractivity contribution in [3.05, 3.63) is 65.7 Å². The molecule has 1 aliphatic rings. The van der Waals surface area contributed by atoms with E-state index in [1.165, 1.54) is 5.06 Å². The molecule has 2 aromatic rings. The predicted molar refractivity (Wildman–Crippen MR) is 79.9 cm³/mol. The lowest BCUT2D eigenvalue weighted by molar-refractivity contribution is -0.119. The minimum absolute atomic E-state index is 0.0116. The Kier molecular flexibility index (Phi) is 3.61. The van der Waals surface area contributed by atoms with E-state index in [1.54, 1.807) is 0 Å². The number of amides is 1. The summed E-state index contributed by atoms with van der Waals surface area (Å²) < 4.78 is 0. The number of carbonyl (C=O) groups is 1. The minimum Gasteiger partial charge on any atom is -0.272 e. The van der Waals surface area contributed by atoms with Crippen LogP contribution in [0.1, 0.15) is 17.5 Å². The van der Waals surface area contributed by atoms with E-state index >= 15 is 0 Å². The number of hydroxylamine groups is 1. The molecule has 1 fully saturated rings. The summed E-state index contributed by atoms with van der Waals surface area (Å²) in [6, 6.07) is 17.9. The van der Waals surface area contributed by atoms with Gasteiger partial charge in [-0.3, -0.25) is 9.63 Å². The number of nitrogens with zero attached hydrogens (tertiary/aromatic N) is 1. The van der Waals surface area contributed by atoms with E-state index in [0.717, 1.165) is 16.8 Å². The summed E-state index contributed by atoms with van der Waals surface area (Å²) in [5.74, 6) is 0.0116. The second-order valence-corrected chi connectivity index (χ2v) is 4.61. The Hall–Kier alpha value is -2.39. The van der Waals surface area contributed by atoms with E-state index in [1.807, 2.05) is 48.5 Å². The Bertz CT molecular complexity index is 617. The van der Waals surface area contributed by atoms with Crippen LogP contribution in [0.2, 0.25) is 0 Å². The molecule has 1 aliphatic heterocycles. The van der Waals surface area contributed by atoms with Crippen molar-refractivity contribution >= 4 is 23.7 Å². The normalized spacial score (nSPS) is 15.2. The molecule has 20 heavy (non-hydrogen) atoms. The van der Waals surface area contributed by atoms with Gasteiger partial charge in [-0.2, -0.15) is 5.06 Å². The highest BCUT2D eigenvalue weighted by Gasteiger charge is 2.22. The maximum Gasteiger partial charge on any atom is 0.253 e.